The summed E-state index contributed by atoms with van der Waals surface area (Å²) in [5, 5.41) is 5.03. The molecule has 0 radical (unpaired) electrons. The highest BCUT2D eigenvalue weighted by Gasteiger charge is 2.12. The van der Waals surface area contributed by atoms with Gasteiger partial charge in [0.2, 0.25) is 4.96 Å². The fraction of sp³-hybridized carbons (Fsp3) is 0.261. The van der Waals surface area contributed by atoms with E-state index in [-0.39, 0.29) is 5.56 Å². The Morgan fingerprint density at radius 1 is 1.10 bits per heavy atom. The second-order valence-electron chi connectivity index (χ2n) is 7.00. The van der Waals surface area contributed by atoms with Gasteiger partial charge in [-0.15, -0.1) is 5.10 Å². The number of fused-ring (bicyclic) bond motifs is 1. The van der Waals surface area contributed by atoms with E-state index in [0.29, 0.717) is 26.9 Å². The number of ether oxygens (including phenoxy) is 1. The molecule has 0 saturated carbocycles. The summed E-state index contributed by atoms with van der Waals surface area (Å²) in [5.74, 6) is 1.30. The van der Waals surface area contributed by atoms with Crippen LogP contribution in [0.4, 0.5) is 0 Å². The summed E-state index contributed by atoms with van der Waals surface area (Å²) in [7, 11) is 0. The van der Waals surface area contributed by atoms with E-state index in [1.165, 1.54) is 28.7 Å². The summed E-state index contributed by atoms with van der Waals surface area (Å²) in [6.45, 7) is 2.87. The molecule has 7 heteroatoms. The number of thiazole rings is 1. The molecular weight excluding hydrogens is 418 g/mol. The van der Waals surface area contributed by atoms with Gasteiger partial charge in [0.25, 0.3) is 5.56 Å². The minimum absolute atomic E-state index is 0.180. The third-order valence-corrected chi connectivity index (χ3v) is 5.96. The predicted octanol–water partition coefficient (Wildman–Crippen LogP) is 4.98. The van der Waals surface area contributed by atoms with E-state index in [2.05, 4.69) is 17.0 Å². The lowest BCUT2D eigenvalue weighted by Gasteiger charge is -2.08. The number of rotatable bonds is 8. The molecule has 4 rings (SSSR count). The topological polar surface area (TPSA) is 56.5 Å². The lowest BCUT2D eigenvalue weighted by Crippen LogP contribution is -2.23. The normalized spacial score (nSPS) is 12.0. The van der Waals surface area contributed by atoms with Crippen molar-refractivity contribution < 1.29 is 4.74 Å². The van der Waals surface area contributed by atoms with Crippen LogP contribution in [-0.4, -0.2) is 21.2 Å². The van der Waals surface area contributed by atoms with Gasteiger partial charge in [0.1, 0.15) is 5.75 Å². The highest BCUT2D eigenvalue weighted by atomic mass is 35.5. The molecule has 0 amide bonds. The lowest BCUT2D eigenvalue weighted by atomic mass is 10.2. The Morgan fingerprint density at radius 3 is 2.67 bits per heavy atom. The molecule has 0 bridgehead atoms. The zero-order chi connectivity index (χ0) is 20.9. The van der Waals surface area contributed by atoms with E-state index in [1.54, 1.807) is 12.1 Å². The Balaban J connectivity index is 1.61. The second kappa shape index (κ2) is 9.41. The zero-order valence-electron chi connectivity index (χ0n) is 16.7. The summed E-state index contributed by atoms with van der Waals surface area (Å²) in [6, 6.07) is 15.0. The van der Waals surface area contributed by atoms with Crippen LogP contribution in [0.15, 0.2) is 53.3 Å². The van der Waals surface area contributed by atoms with E-state index < -0.39 is 0 Å². The fourth-order valence-corrected chi connectivity index (χ4v) is 4.16. The Kier molecular flexibility index (Phi) is 6.45. The van der Waals surface area contributed by atoms with Crippen molar-refractivity contribution in [3.05, 3.63) is 74.0 Å². The average molecular weight is 440 g/mol. The van der Waals surface area contributed by atoms with Crippen LogP contribution in [0.2, 0.25) is 5.02 Å². The Hall–Kier alpha value is -2.70. The number of unbranched alkanes of at least 4 members (excludes halogenated alkanes) is 3. The molecule has 2 heterocycles. The molecule has 0 N–H and O–H groups in total. The van der Waals surface area contributed by atoms with Crippen molar-refractivity contribution in [3.63, 3.8) is 0 Å². The highest BCUT2D eigenvalue weighted by molar-refractivity contribution is 7.15. The van der Waals surface area contributed by atoms with E-state index in [4.69, 9.17) is 16.3 Å². The van der Waals surface area contributed by atoms with Gasteiger partial charge in [-0.1, -0.05) is 67.3 Å². The number of hydrogen-bond acceptors (Lipinski definition) is 5. The smallest absolute Gasteiger partial charge is 0.291 e. The number of benzene rings is 2. The Bertz CT molecular complexity index is 1250. The van der Waals surface area contributed by atoms with Gasteiger partial charge in [-0.25, -0.2) is 0 Å². The standard InChI is InChI=1S/C23H22ClN3O2S/c1-2-3-4-7-14-29-19-9-6-5-8-17(19)15-20-22(28)27-23(30-20)25-21(26-27)16-10-12-18(24)13-11-16/h5-6,8-13,15H,2-4,7,14H2,1H3. The summed E-state index contributed by atoms with van der Waals surface area (Å²) >= 11 is 7.26. The van der Waals surface area contributed by atoms with Crippen molar-refractivity contribution in [2.45, 2.75) is 32.6 Å². The molecule has 0 aliphatic heterocycles. The van der Waals surface area contributed by atoms with Gasteiger partial charge in [0.05, 0.1) is 11.1 Å². The minimum atomic E-state index is -0.180. The van der Waals surface area contributed by atoms with Crippen LogP contribution in [0.3, 0.4) is 0 Å². The zero-order valence-corrected chi connectivity index (χ0v) is 18.2. The highest BCUT2D eigenvalue weighted by Crippen LogP contribution is 2.21. The van der Waals surface area contributed by atoms with Crippen LogP contribution in [0.1, 0.15) is 38.2 Å². The monoisotopic (exact) mass is 439 g/mol. The van der Waals surface area contributed by atoms with Crippen molar-refractivity contribution in [1.29, 1.82) is 0 Å². The predicted molar refractivity (Wildman–Crippen MR) is 122 cm³/mol. The van der Waals surface area contributed by atoms with Gasteiger partial charge in [-0.3, -0.25) is 4.79 Å². The van der Waals surface area contributed by atoms with Crippen molar-refractivity contribution >= 4 is 34.0 Å². The molecule has 0 unspecified atom stereocenters. The van der Waals surface area contributed by atoms with Crippen molar-refractivity contribution in [3.8, 4) is 17.1 Å². The van der Waals surface area contributed by atoms with Crippen LogP contribution in [0, 0.1) is 0 Å². The van der Waals surface area contributed by atoms with Gasteiger partial charge in [-0.2, -0.15) is 9.50 Å². The summed E-state index contributed by atoms with van der Waals surface area (Å²) in [4.78, 5) is 17.9. The van der Waals surface area contributed by atoms with Crippen LogP contribution < -0.4 is 14.8 Å². The van der Waals surface area contributed by atoms with Crippen molar-refractivity contribution in [2.75, 3.05) is 6.61 Å². The van der Waals surface area contributed by atoms with Crippen LogP contribution in [0.25, 0.3) is 22.4 Å². The number of para-hydroxylation sites is 1. The van der Waals surface area contributed by atoms with Crippen molar-refractivity contribution in [2.24, 2.45) is 0 Å². The Labute approximate surface area is 183 Å². The van der Waals surface area contributed by atoms with Gasteiger partial charge < -0.3 is 4.74 Å². The summed E-state index contributed by atoms with van der Waals surface area (Å²) in [6.07, 6.45) is 6.46. The number of nitrogens with zero attached hydrogens (tertiary/aromatic N) is 3. The largest absolute Gasteiger partial charge is 0.493 e. The molecule has 5 nitrogen and oxygen atoms in total. The van der Waals surface area contributed by atoms with Crippen LogP contribution in [0.5, 0.6) is 5.75 Å². The number of aromatic nitrogens is 3. The first-order valence-electron chi connectivity index (χ1n) is 10.0. The first kappa shape index (κ1) is 20.6. The van der Waals surface area contributed by atoms with Crippen LogP contribution in [-0.2, 0) is 0 Å². The summed E-state index contributed by atoms with van der Waals surface area (Å²) < 4.78 is 7.89. The number of halogens is 1. The second-order valence-corrected chi connectivity index (χ2v) is 8.44. The molecule has 0 atom stereocenters. The van der Waals surface area contributed by atoms with Gasteiger partial charge in [0.15, 0.2) is 5.82 Å². The maximum atomic E-state index is 12.9. The molecule has 0 aliphatic rings. The average Bonchev–Trinajstić information content (AvgIpc) is 3.29. The molecule has 0 spiro atoms. The third-order valence-electron chi connectivity index (χ3n) is 4.75. The van der Waals surface area contributed by atoms with E-state index in [9.17, 15) is 4.79 Å². The van der Waals surface area contributed by atoms with E-state index >= 15 is 0 Å². The number of hydrogen-bond donors (Lipinski definition) is 0. The Morgan fingerprint density at radius 2 is 1.90 bits per heavy atom. The third kappa shape index (κ3) is 4.55. The molecule has 0 saturated heterocycles. The molecule has 2 aromatic heterocycles. The van der Waals surface area contributed by atoms with Gasteiger partial charge in [0, 0.05) is 16.1 Å². The molecule has 154 valence electrons. The maximum absolute atomic E-state index is 12.9. The minimum Gasteiger partial charge on any atom is -0.493 e. The lowest BCUT2D eigenvalue weighted by molar-refractivity contribution is 0.304. The van der Waals surface area contributed by atoms with E-state index in [0.717, 1.165) is 29.7 Å². The molecular formula is C23H22ClN3O2S. The SMILES string of the molecule is CCCCCCOc1ccccc1C=c1sc2nc(-c3ccc(Cl)cc3)nn2c1=O. The quantitative estimate of drug-likeness (QED) is 0.363. The van der Waals surface area contributed by atoms with Crippen molar-refractivity contribution in [1.82, 2.24) is 14.6 Å². The molecule has 0 aliphatic carbocycles. The van der Waals surface area contributed by atoms with E-state index in [1.807, 2.05) is 42.5 Å². The molecule has 0 fully saturated rings. The first-order valence-corrected chi connectivity index (χ1v) is 11.2. The maximum Gasteiger partial charge on any atom is 0.291 e. The molecule has 30 heavy (non-hydrogen) atoms. The summed E-state index contributed by atoms with van der Waals surface area (Å²) in [5.41, 5.74) is 1.52. The molecule has 4 aromatic rings. The van der Waals surface area contributed by atoms with Gasteiger partial charge in [-0.05, 0) is 42.8 Å². The van der Waals surface area contributed by atoms with Gasteiger partial charge >= 0.3 is 0 Å². The fourth-order valence-electron chi connectivity index (χ4n) is 3.14. The van der Waals surface area contributed by atoms with Crippen LogP contribution >= 0.6 is 22.9 Å². The molecule has 2 aromatic carbocycles. The first-order chi connectivity index (χ1) is 14.7.